The highest BCUT2D eigenvalue weighted by Gasteiger charge is 2.28. The van der Waals surface area contributed by atoms with Gasteiger partial charge in [-0.25, -0.2) is 8.42 Å². The molecule has 2 aromatic carbocycles. The first kappa shape index (κ1) is 22.3. The molecular weight excluding hydrogens is 428 g/mol. The molecule has 1 fully saturated rings. The van der Waals surface area contributed by atoms with Crippen molar-refractivity contribution in [2.24, 2.45) is 0 Å². The Morgan fingerprint density at radius 2 is 1.67 bits per heavy atom. The molecule has 0 aromatic heterocycles. The topological polar surface area (TPSA) is 87.0 Å². The molecule has 1 aliphatic heterocycles. The first-order valence-corrected chi connectivity index (χ1v) is 11.6. The van der Waals surface area contributed by atoms with Gasteiger partial charge in [0, 0.05) is 56.0 Å². The first-order valence-electron chi connectivity index (χ1n) is 9.82. The molecule has 0 saturated carbocycles. The molecule has 0 radical (unpaired) electrons. The van der Waals surface area contributed by atoms with Gasteiger partial charge in [0.15, 0.2) is 0 Å². The van der Waals surface area contributed by atoms with Crippen LogP contribution in [0.3, 0.4) is 0 Å². The first-order chi connectivity index (χ1) is 14.3. The van der Waals surface area contributed by atoms with Gasteiger partial charge >= 0.3 is 0 Å². The van der Waals surface area contributed by atoms with Crippen LogP contribution >= 0.6 is 11.6 Å². The second-order valence-corrected chi connectivity index (χ2v) is 9.33. The van der Waals surface area contributed by atoms with Crippen LogP contribution in [0.15, 0.2) is 47.4 Å². The van der Waals surface area contributed by atoms with Gasteiger partial charge in [-0.05, 0) is 30.3 Å². The van der Waals surface area contributed by atoms with Crippen LogP contribution in [0.25, 0.3) is 0 Å². The van der Waals surface area contributed by atoms with Crippen LogP contribution in [0.4, 0.5) is 17.1 Å². The van der Waals surface area contributed by atoms with Crippen molar-refractivity contribution in [1.82, 2.24) is 4.31 Å². The highest BCUT2D eigenvalue weighted by molar-refractivity contribution is 7.89. The van der Waals surface area contributed by atoms with Crippen LogP contribution < -0.4 is 9.80 Å². The number of benzene rings is 2. The number of nitro benzene ring substituents is 1. The summed E-state index contributed by atoms with van der Waals surface area (Å²) >= 11 is 6.07. The molecule has 0 bridgehead atoms. The summed E-state index contributed by atoms with van der Waals surface area (Å²) in [6.45, 7) is 6.60. The van der Waals surface area contributed by atoms with Crippen molar-refractivity contribution >= 4 is 38.7 Å². The number of halogens is 1. The van der Waals surface area contributed by atoms with Gasteiger partial charge in [-0.15, -0.1) is 0 Å². The fourth-order valence-corrected chi connectivity index (χ4v) is 5.33. The Bertz CT molecular complexity index is 1020. The van der Waals surface area contributed by atoms with Crippen molar-refractivity contribution in [3.8, 4) is 0 Å². The SMILES string of the molecule is CCN(CC)S(=O)(=O)c1ccc(N2CCN(c3cccc(Cl)c3)CC2)c([N+](=O)[O-])c1. The van der Waals surface area contributed by atoms with Gasteiger partial charge in [-0.3, -0.25) is 10.1 Å². The van der Waals surface area contributed by atoms with Gasteiger partial charge in [0.2, 0.25) is 10.0 Å². The van der Waals surface area contributed by atoms with Crippen molar-refractivity contribution in [3.05, 3.63) is 57.6 Å². The normalized spacial score (nSPS) is 14.9. The Kier molecular flexibility index (Phi) is 6.84. The summed E-state index contributed by atoms with van der Waals surface area (Å²) in [4.78, 5) is 15.2. The van der Waals surface area contributed by atoms with E-state index in [4.69, 9.17) is 11.6 Å². The largest absolute Gasteiger partial charge is 0.368 e. The molecule has 162 valence electrons. The van der Waals surface area contributed by atoms with E-state index in [0.29, 0.717) is 50.0 Å². The molecule has 8 nitrogen and oxygen atoms in total. The summed E-state index contributed by atoms with van der Waals surface area (Å²) in [7, 11) is -3.76. The van der Waals surface area contributed by atoms with E-state index in [-0.39, 0.29) is 10.6 Å². The predicted molar refractivity (Wildman–Crippen MR) is 119 cm³/mol. The standard InChI is InChI=1S/C20H25ClN4O4S/c1-3-24(4-2)30(28,29)18-8-9-19(20(15-18)25(26)27)23-12-10-22(11-13-23)17-7-5-6-16(21)14-17/h5-9,14-15H,3-4,10-13H2,1-2H3. The zero-order chi connectivity index (χ0) is 21.9. The molecule has 10 heteroatoms. The maximum absolute atomic E-state index is 12.8. The van der Waals surface area contributed by atoms with Crippen LogP contribution in [-0.4, -0.2) is 56.9 Å². The lowest BCUT2D eigenvalue weighted by molar-refractivity contribution is -0.384. The molecule has 1 saturated heterocycles. The molecular formula is C20H25ClN4O4S. The molecule has 0 spiro atoms. The Labute approximate surface area is 181 Å². The van der Waals surface area contributed by atoms with Crippen molar-refractivity contribution in [2.45, 2.75) is 18.7 Å². The zero-order valence-corrected chi connectivity index (χ0v) is 18.6. The number of rotatable bonds is 7. The minimum absolute atomic E-state index is 0.0563. The molecule has 0 amide bonds. The smallest absolute Gasteiger partial charge is 0.293 e. The van der Waals surface area contributed by atoms with Crippen molar-refractivity contribution in [2.75, 3.05) is 49.1 Å². The number of nitro groups is 1. The number of hydrogen-bond acceptors (Lipinski definition) is 6. The number of sulfonamides is 1. The van der Waals surface area contributed by atoms with Gasteiger partial charge in [0.1, 0.15) is 5.69 Å². The summed E-state index contributed by atoms with van der Waals surface area (Å²) < 4.78 is 26.8. The third-order valence-electron chi connectivity index (χ3n) is 5.28. The third kappa shape index (κ3) is 4.53. The second kappa shape index (κ2) is 9.20. The summed E-state index contributed by atoms with van der Waals surface area (Å²) in [6.07, 6.45) is 0. The summed E-state index contributed by atoms with van der Waals surface area (Å²) in [6, 6.07) is 11.8. The summed E-state index contributed by atoms with van der Waals surface area (Å²) in [5, 5.41) is 12.4. The number of nitrogens with zero attached hydrogens (tertiary/aromatic N) is 4. The van der Waals surface area contributed by atoms with Crippen LogP contribution in [0.5, 0.6) is 0 Å². The van der Waals surface area contributed by atoms with Gasteiger partial charge in [-0.1, -0.05) is 31.5 Å². The van der Waals surface area contributed by atoms with E-state index in [1.807, 2.05) is 29.2 Å². The van der Waals surface area contributed by atoms with E-state index < -0.39 is 14.9 Å². The average Bonchev–Trinajstić information content (AvgIpc) is 2.74. The van der Waals surface area contributed by atoms with Gasteiger partial charge < -0.3 is 9.80 Å². The van der Waals surface area contributed by atoms with Crippen LogP contribution in [0, 0.1) is 10.1 Å². The Morgan fingerprint density at radius 1 is 1.03 bits per heavy atom. The molecule has 1 aliphatic rings. The monoisotopic (exact) mass is 452 g/mol. The number of hydrogen-bond donors (Lipinski definition) is 0. The Morgan fingerprint density at radius 3 is 2.23 bits per heavy atom. The molecule has 0 atom stereocenters. The van der Waals surface area contributed by atoms with E-state index in [9.17, 15) is 18.5 Å². The Hall–Kier alpha value is -2.36. The lowest BCUT2D eigenvalue weighted by atomic mass is 10.2. The lowest BCUT2D eigenvalue weighted by Gasteiger charge is -2.37. The Balaban J connectivity index is 1.84. The minimum atomic E-state index is -3.76. The zero-order valence-electron chi connectivity index (χ0n) is 17.0. The maximum atomic E-state index is 12.8. The van der Waals surface area contributed by atoms with Gasteiger partial charge in [0.05, 0.1) is 9.82 Å². The number of piperazine rings is 1. The quantitative estimate of drug-likeness (QED) is 0.471. The van der Waals surface area contributed by atoms with Crippen LogP contribution in [0.2, 0.25) is 5.02 Å². The van der Waals surface area contributed by atoms with Gasteiger partial charge in [0.25, 0.3) is 5.69 Å². The van der Waals surface area contributed by atoms with Crippen molar-refractivity contribution in [1.29, 1.82) is 0 Å². The van der Waals surface area contributed by atoms with Gasteiger partial charge in [-0.2, -0.15) is 4.31 Å². The molecule has 3 rings (SSSR count). The van der Waals surface area contributed by atoms with E-state index in [1.165, 1.54) is 16.4 Å². The molecule has 30 heavy (non-hydrogen) atoms. The second-order valence-electron chi connectivity index (χ2n) is 6.95. The van der Waals surface area contributed by atoms with E-state index in [2.05, 4.69) is 4.90 Å². The number of anilines is 2. The fraction of sp³-hybridized carbons (Fsp3) is 0.400. The predicted octanol–water partition coefficient (Wildman–Crippen LogP) is 3.61. The summed E-state index contributed by atoms with van der Waals surface area (Å²) in [5.74, 6) is 0. The average molecular weight is 453 g/mol. The fourth-order valence-electron chi connectivity index (χ4n) is 3.67. The molecule has 1 heterocycles. The highest BCUT2D eigenvalue weighted by Crippen LogP contribution is 2.33. The van der Waals surface area contributed by atoms with Crippen molar-refractivity contribution in [3.63, 3.8) is 0 Å². The van der Waals surface area contributed by atoms with E-state index in [1.54, 1.807) is 19.9 Å². The third-order valence-corrected chi connectivity index (χ3v) is 7.56. The summed E-state index contributed by atoms with van der Waals surface area (Å²) in [5.41, 5.74) is 1.25. The molecule has 0 unspecified atom stereocenters. The van der Waals surface area contributed by atoms with Crippen molar-refractivity contribution < 1.29 is 13.3 Å². The van der Waals surface area contributed by atoms with E-state index >= 15 is 0 Å². The minimum Gasteiger partial charge on any atom is -0.368 e. The molecule has 0 N–H and O–H groups in total. The molecule has 2 aromatic rings. The maximum Gasteiger partial charge on any atom is 0.293 e. The lowest BCUT2D eigenvalue weighted by Crippen LogP contribution is -2.46. The van der Waals surface area contributed by atoms with Crippen LogP contribution in [-0.2, 0) is 10.0 Å². The highest BCUT2D eigenvalue weighted by atomic mass is 35.5. The van der Waals surface area contributed by atoms with E-state index in [0.717, 1.165) is 5.69 Å². The molecule has 0 aliphatic carbocycles. The van der Waals surface area contributed by atoms with Crippen LogP contribution in [0.1, 0.15) is 13.8 Å².